The number of para-hydroxylation sites is 6. The van der Waals surface area contributed by atoms with Gasteiger partial charge < -0.3 is 13.6 Å². The van der Waals surface area contributed by atoms with E-state index in [0.29, 0.717) is 0 Å². The van der Waals surface area contributed by atoms with Gasteiger partial charge in [0.05, 0.1) is 39.1 Å². The van der Waals surface area contributed by atoms with Gasteiger partial charge in [-0.15, -0.1) is 10.2 Å². The fourth-order valence-corrected chi connectivity index (χ4v) is 8.78. The van der Waals surface area contributed by atoms with Crippen LogP contribution >= 0.6 is 0 Å². The van der Waals surface area contributed by atoms with Crippen molar-refractivity contribution in [3.05, 3.63) is 188 Å². The highest BCUT2D eigenvalue weighted by Crippen LogP contribution is 2.43. The summed E-state index contributed by atoms with van der Waals surface area (Å²) in [5.74, 6) is 1.56. The molecule has 0 saturated heterocycles. The van der Waals surface area contributed by atoms with Crippen LogP contribution in [0.2, 0.25) is 0 Å². The maximum atomic E-state index is 6.41. The molecule has 4 aromatic heterocycles. The van der Waals surface area contributed by atoms with Gasteiger partial charge in [0.1, 0.15) is 11.2 Å². The fourth-order valence-electron chi connectivity index (χ4n) is 8.78. The summed E-state index contributed by atoms with van der Waals surface area (Å²) in [5, 5.41) is 16.6. The van der Waals surface area contributed by atoms with Crippen molar-refractivity contribution in [2.45, 2.75) is 0 Å². The lowest BCUT2D eigenvalue weighted by Gasteiger charge is -2.19. The van der Waals surface area contributed by atoms with Crippen molar-refractivity contribution < 1.29 is 4.42 Å². The van der Waals surface area contributed by atoms with Crippen LogP contribution < -0.4 is 0 Å². The van der Waals surface area contributed by atoms with Crippen molar-refractivity contribution in [3.63, 3.8) is 0 Å². The van der Waals surface area contributed by atoms with Crippen LogP contribution in [0.1, 0.15) is 0 Å². The molecule has 12 rings (SSSR count). The zero-order valence-electron chi connectivity index (χ0n) is 30.0. The molecule has 0 atom stereocenters. The molecule has 262 valence electrons. The number of aromatic nitrogens is 5. The molecule has 0 aliphatic carbocycles. The Morgan fingerprint density at radius 3 is 1.54 bits per heavy atom. The number of furan rings is 1. The minimum atomic E-state index is 0.779. The first-order chi connectivity index (χ1) is 27.8. The average molecular weight is 718 g/mol. The standard InChI is InChI=1S/C50H31N5O/c1-3-16-32(17-4-1)49-51-52-50(33-18-5-2-6-19-33)55(49)44-28-15-23-37-34-20-7-11-25-41(34)54(48(37)44)43-27-13-12-26-42(43)53-40-24-10-8-21-35(40)38-31-47-39(30-45(38)53)36-22-9-14-29-46(36)56-47/h1-31H. The summed E-state index contributed by atoms with van der Waals surface area (Å²) < 4.78 is 13.5. The molecule has 0 aliphatic heterocycles. The van der Waals surface area contributed by atoms with Crippen LogP contribution in [0.5, 0.6) is 0 Å². The Kier molecular flexibility index (Phi) is 6.53. The highest BCUT2D eigenvalue weighted by molar-refractivity contribution is 6.18. The van der Waals surface area contributed by atoms with E-state index in [-0.39, 0.29) is 0 Å². The first kappa shape index (κ1) is 30.7. The van der Waals surface area contributed by atoms with Crippen molar-refractivity contribution in [1.29, 1.82) is 0 Å². The number of hydrogen-bond acceptors (Lipinski definition) is 3. The van der Waals surface area contributed by atoms with Gasteiger partial charge in [-0.2, -0.15) is 0 Å². The fraction of sp³-hybridized carbons (Fsp3) is 0. The van der Waals surface area contributed by atoms with Crippen LogP contribution in [0.4, 0.5) is 0 Å². The number of hydrogen-bond donors (Lipinski definition) is 0. The Bertz CT molecular complexity index is 3420. The summed E-state index contributed by atoms with van der Waals surface area (Å²) in [6, 6.07) is 66.2. The molecule has 0 aliphatic rings. The van der Waals surface area contributed by atoms with Crippen LogP contribution in [0, 0.1) is 0 Å². The number of fused-ring (bicyclic) bond motifs is 9. The molecule has 6 nitrogen and oxygen atoms in total. The third-order valence-electron chi connectivity index (χ3n) is 11.2. The summed E-state index contributed by atoms with van der Waals surface area (Å²) >= 11 is 0. The van der Waals surface area contributed by atoms with Gasteiger partial charge >= 0.3 is 0 Å². The maximum Gasteiger partial charge on any atom is 0.168 e. The number of nitrogens with zero attached hydrogens (tertiary/aromatic N) is 5. The van der Waals surface area contributed by atoms with E-state index in [9.17, 15) is 0 Å². The molecule has 56 heavy (non-hydrogen) atoms. The van der Waals surface area contributed by atoms with Gasteiger partial charge in [-0.3, -0.25) is 4.57 Å². The molecular formula is C50H31N5O. The molecule has 8 aromatic carbocycles. The SMILES string of the molecule is c1ccc(-c2nnc(-c3ccccc3)n2-c2cccc3c4ccccc4n(-c4ccccc4-n4c5ccccc5c5cc6oc7ccccc7c6cc54)c23)cc1. The van der Waals surface area contributed by atoms with Crippen molar-refractivity contribution in [2.75, 3.05) is 0 Å². The van der Waals surface area contributed by atoms with Crippen molar-refractivity contribution in [3.8, 4) is 39.8 Å². The lowest BCUT2D eigenvalue weighted by atomic mass is 10.1. The molecular weight excluding hydrogens is 687 g/mol. The molecule has 0 radical (unpaired) electrons. The Hall–Kier alpha value is -7.70. The molecule has 12 aromatic rings. The van der Waals surface area contributed by atoms with E-state index in [1.807, 2.05) is 24.3 Å². The smallest absolute Gasteiger partial charge is 0.168 e. The zero-order chi connectivity index (χ0) is 36.7. The molecule has 0 saturated carbocycles. The van der Waals surface area contributed by atoms with Crippen LogP contribution in [-0.4, -0.2) is 23.9 Å². The van der Waals surface area contributed by atoms with E-state index in [4.69, 9.17) is 14.6 Å². The topological polar surface area (TPSA) is 53.7 Å². The summed E-state index contributed by atoms with van der Waals surface area (Å²) in [6.07, 6.45) is 0. The first-order valence-electron chi connectivity index (χ1n) is 18.8. The van der Waals surface area contributed by atoms with E-state index in [1.165, 1.54) is 10.8 Å². The average Bonchev–Trinajstić information content (AvgIpc) is 4.03. The second-order valence-electron chi connectivity index (χ2n) is 14.2. The predicted molar refractivity (Wildman–Crippen MR) is 228 cm³/mol. The van der Waals surface area contributed by atoms with Crippen LogP contribution in [0.25, 0.3) is 105 Å². The molecule has 4 heterocycles. The third kappa shape index (κ3) is 4.38. The summed E-state index contributed by atoms with van der Waals surface area (Å²) in [7, 11) is 0. The highest BCUT2D eigenvalue weighted by atomic mass is 16.3. The number of rotatable bonds is 5. The summed E-state index contributed by atoms with van der Waals surface area (Å²) in [5.41, 5.74) is 11.3. The molecule has 0 N–H and O–H groups in total. The summed E-state index contributed by atoms with van der Waals surface area (Å²) in [6.45, 7) is 0. The van der Waals surface area contributed by atoms with E-state index >= 15 is 0 Å². The van der Waals surface area contributed by atoms with E-state index in [0.717, 1.165) is 94.6 Å². The Morgan fingerprint density at radius 1 is 0.321 bits per heavy atom. The quantitative estimate of drug-likeness (QED) is 0.178. The monoisotopic (exact) mass is 717 g/mol. The van der Waals surface area contributed by atoms with Gasteiger partial charge in [0.2, 0.25) is 0 Å². The van der Waals surface area contributed by atoms with E-state index in [2.05, 4.69) is 177 Å². The minimum absolute atomic E-state index is 0.779. The van der Waals surface area contributed by atoms with Gasteiger partial charge in [0, 0.05) is 43.4 Å². The Labute approximate surface area is 320 Å². The van der Waals surface area contributed by atoms with Gasteiger partial charge in [-0.25, -0.2) is 0 Å². The zero-order valence-corrected chi connectivity index (χ0v) is 30.0. The minimum Gasteiger partial charge on any atom is -0.456 e. The Balaban J connectivity index is 1.21. The van der Waals surface area contributed by atoms with E-state index in [1.54, 1.807) is 0 Å². The molecule has 0 amide bonds. The van der Waals surface area contributed by atoms with Crippen LogP contribution in [0.3, 0.4) is 0 Å². The number of benzene rings is 8. The largest absolute Gasteiger partial charge is 0.456 e. The predicted octanol–water partition coefficient (Wildman–Crippen LogP) is 12.7. The van der Waals surface area contributed by atoms with Crippen LogP contribution in [-0.2, 0) is 0 Å². The molecule has 0 fully saturated rings. The van der Waals surface area contributed by atoms with Crippen molar-refractivity contribution in [2.24, 2.45) is 0 Å². The van der Waals surface area contributed by atoms with Crippen molar-refractivity contribution >= 4 is 65.6 Å². The van der Waals surface area contributed by atoms with Gasteiger partial charge in [0.25, 0.3) is 0 Å². The van der Waals surface area contributed by atoms with Gasteiger partial charge in [0.15, 0.2) is 11.6 Å². The molecule has 0 bridgehead atoms. The lowest BCUT2D eigenvalue weighted by Crippen LogP contribution is -2.06. The Morgan fingerprint density at radius 2 is 0.839 bits per heavy atom. The molecule has 6 heteroatoms. The highest BCUT2D eigenvalue weighted by Gasteiger charge is 2.25. The van der Waals surface area contributed by atoms with Gasteiger partial charge in [-0.1, -0.05) is 140 Å². The lowest BCUT2D eigenvalue weighted by molar-refractivity contribution is 0.669. The second-order valence-corrected chi connectivity index (χ2v) is 14.2. The normalized spacial score (nSPS) is 11.9. The molecule has 0 spiro atoms. The van der Waals surface area contributed by atoms with Gasteiger partial charge in [-0.05, 0) is 48.5 Å². The second kappa shape index (κ2) is 11.9. The summed E-state index contributed by atoms with van der Waals surface area (Å²) in [4.78, 5) is 0. The third-order valence-corrected chi connectivity index (χ3v) is 11.2. The first-order valence-corrected chi connectivity index (χ1v) is 18.8. The van der Waals surface area contributed by atoms with E-state index < -0.39 is 0 Å². The molecule has 0 unspecified atom stereocenters. The maximum absolute atomic E-state index is 6.41. The van der Waals surface area contributed by atoms with Crippen molar-refractivity contribution in [1.82, 2.24) is 23.9 Å². The van der Waals surface area contributed by atoms with Crippen LogP contribution in [0.15, 0.2) is 192 Å².